The van der Waals surface area contributed by atoms with Crippen LogP contribution in [0.4, 0.5) is 0 Å². The minimum absolute atomic E-state index is 0.0165. The van der Waals surface area contributed by atoms with Crippen molar-refractivity contribution in [3.05, 3.63) is 65.2 Å². The molecule has 0 spiro atoms. The first-order valence-electron chi connectivity index (χ1n) is 11.5. The molecule has 0 unspecified atom stereocenters. The Hall–Kier alpha value is -3.33. The van der Waals surface area contributed by atoms with Gasteiger partial charge in [-0.3, -0.25) is 9.59 Å². The summed E-state index contributed by atoms with van der Waals surface area (Å²) in [7, 11) is 0. The summed E-state index contributed by atoms with van der Waals surface area (Å²) in [5.74, 6) is 1.30. The molecule has 2 saturated heterocycles. The number of piperidine rings is 2. The Bertz CT molecular complexity index is 965. The molecule has 0 aliphatic carbocycles. The molecule has 2 aliphatic rings. The Morgan fingerprint density at radius 2 is 1.34 bits per heavy atom. The quantitative estimate of drug-likeness (QED) is 0.714. The molecule has 166 valence electrons. The molecule has 0 bridgehead atoms. The van der Waals surface area contributed by atoms with Crippen LogP contribution in [0.15, 0.2) is 48.5 Å². The van der Waals surface area contributed by atoms with Gasteiger partial charge in [0, 0.05) is 37.3 Å². The molecule has 2 fully saturated rings. The summed E-state index contributed by atoms with van der Waals surface area (Å²) in [6.45, 7) is 3.72. The molecular weight excluding hydrogens is 402 g/mol. The van der Waals surface area contributed by atoms with E-state index in [2.05, 4.69) is 6.07 Å². The van der Waals surface area contributed by atoms with Crippen LogP contribution in [-0.4, -0.2) is 54.4 Å². The number of nitriles is 1. The third kappa shape index (κ3) is 5.28. The number of hydrogen-bond donors (Lipinski definition) is 0. The normalized spacial score (nSPS) is 17.0. The number of benzene rings is 2. The highest BCUT2D eigenvalue weighted by Crippen LogP contribution is 2.22. The van der Waals surface area contributed by atoms with Gasteiger partial charge in [0.15, 0.2) is 0 Å². The molecule has 0 radical (unpaired) electrons. The van der Waals surface area contributed by atoms with Crippen LogP contribution >= 0.6 is 0 Å². The van der Waals surface area contributed by atoms with Gasteiger partial charge in [-0.2, -0.15) is 5.26 Å². The molecule has 0 aromatic heterocycles. The largest absolute Gasteiger partial charge is 0.493 e. The van der Waals surface area contributed by atoms with Gasteiger partial charge in [-0.1, -0.05) is 0 Å². The van der Waals surface area contributed by atoms with E-state index in [1.165, 1.54) is 6.42 Å². The van der Waals surface area contributed by atoms with Crippen molar-refractivity contribution in [1.82, 2.24) is 9.80 Å². The summed E-state index contributed by atoms with van der Waals surface area (Å²) in [4.78, 5) is 29.1. The van der Waals surface area contributed by atoms with Crippen LogP contribution in [0.5, 0.6) is 5.75 Å². The number of amides is 2. The van der Waals surface area contributed by atoms with Crippen LogP contribution in [0.3, 0.4) is 0 Å². The lowest BCUT2D eigenvalue weighted by Crippen LogP contribution is -2.39. The van der Waals surface area contributed by atoms with Crippen LogP contribution in [0.25, 0.3) is 0 Å². The van der Waals surface area contributed by atoms with Gasteiger partial charge in [-0.05, 0) is 86.6 Å². The third-order valence-electron chi connectivity index (χ3n) is 6.39. The van der Waals surface area contributed by atoms with Crippen LogP contribution in [0.1, 0.15) is 58.4 Å². The Morgan fingerprint density at radius 1 is 0.812 bits per heavy atom. The number of carbonyl (C=O) groups excluding carboxylic acids is 2. The molecule has 6 nitrogen and oxygen atoms in total. The number of ether oxygens (including phenoxy) is 1. The second-order valence-electron chi connectivity index (χ2n) is 8.61. The Kier molecular flexibility index (Phi) is 7.06. The van der Waals surface area contributed by atoms with Gasteiger partial charge in [0.05, 0.1) is 18.2 Å². The highest BCUT2D eigenvalue weighted by Gasteiger charge is 2.24. The van der Waals surface area contributed by atoms with Gasteiger partial charge >= 0.3 is 0 Å². The predicted molar refractivity (Wildman–Crippen MR) is 121 cm³/mol. The van der Waals surface area contributed by atoms with Crippen molar-refractivity contribution in [3.8, 4) is 11.8 Å². The molecular formula is C26H29N3O3. The van der Waals surface area contributed by atoms with Crippen molar-refractivity contribution < 1.29 is 14.3 Å². The fourth-order valence-corrected chi connectivity index (χ4v) is 4.36. The van der Waals surface area contributed by atoms with E-state index in [1.807, 2.05) is 34.1 Å². The molecule has 2 heterocycles. The molecule has 2 aromatic rings. The Labute approximate surface area is 189 Å². The fraction of sp³-hybridized carbons (Fsp3) is 0.423. The second-order valence-corrected chi connectivity index (χ2v) is 8.61. The number of carbonyl (C=O) groups is 2. The van der Waals surface area contributed by atoms with E-state index in [0.29, 0.717) is 42.3 Å². The highest BCUT2D eigenvalue weighted by molar-refractivity contribution is 5.95. The maximum absolute atomic E-state index is 12.7. The van der Waals surface area contributed by atoms with E-state index in [-0.39, 0.29) is 11.8 Å². The Balaban J connectivity index is 1.23. The maximum Gasteiger partial charge on any atom is 0.253 e. The van der Waals surface area contributed by atoms with E-state index in [1.54, 1.807) is 24.3 Å². The number of hydrogen-bond acceptors (Lipinski definition) is 4. The number of likely N-dealkylation sites (tertiary alicyclic amines) is 2. The molecule has 2 amide bonds. The van der Waals surface area contributed by atoms with Crippen molar-refractivity contribution in [2.75, 3.05) is 32.8 Å². The summed E-state index contributed by atoms with van der Waals surface area (Å²) in [6, 6.07) is 16.3. The van der Waals surface area contributed by atoms with Gasteiger partial charge in [0.25, 0.3) is 11.8 Å². The van der Waals surface area contributed by atoms with Crippen LogP contribution in [-0.2, 0) is 0 Å². The number of rotatable bonds is 5. The average molecular weight is 432 g/mol. The molecule has 0 N–H and O–H groups in total. The first-order valence-corrected chi connectivity index (χ1v) is 11.5. The predicted octanol–water partition coefficient (Wildman–Crippen LogP) is 4.12. The van der Waals surface area contributed by atoms with Gasteiger partial charge in [0.2, 0.25) is 0 Å². The molecule has 32 heavy (non-hydrogen) atoms. The monoisotopic (exact) mass is 431 g/mol. The zero-order chi connectivity index (χ0) is 22.3. The van der Waals surface area contributed by atoms with Gasteiger partial charge in [-0.25, -0.2) is 0 Å². The van der Waals surface area contributed by atoms with E-state index >= 15 is 0 Å². The van der Waals surface area contributed by atoms with Gasteiger partial charge in [0.1, 0.15) is 5.75 Å². The summed E-state index contributed by atoms with van der Waals surface area (Å²) < 4.78 is 5.97. The topological polar surface area (TPSA) is 73.6 Å². The maximum atomic E-state index is 12.7. The summed E-state index contributed by atoms with van der Waals surface area (Å²) in [5, 5.41) is 8.90. The highest BCUT2D eigenvalue weighted by atomic mass is 16.5. The SMILES string of the molecule is N#Cc1ccc(C(=O)N2CCC(COc3ccc(C(=O)N4CCCCC4)cc3)CC2)cc1. The van der Waals surface area contributed by atoms with Gasteiger partial charge < -0.3 is 14.5 Å². The van der Waals surface area contributed by atoms with Crippen molar-refractivity contribution in [1.29, 1.82) is 5.26 Å². The summed E-state index contributed by atoms with van der Waals surface area (Å²) in [6.07, 6.45) is 5.18. The van der Waals surface area contributed by atoms with Crippen LogP contribution < -0.4 is 4.74 Å². The van der Waals surface area contributed by atoms with E-state index in [0.717, 1.165) is 44.5 Å². The van der Waals surface area contributed by atoms with Crippen molar-refractivity contribution >= 4 is 11.8 Å². The minimum atomic E-state index is 0.0165. The molecule has 2 aromatic carbocycles. The molecule has 6 heteroatoms. The third-order valence-corrected chi connectivity index (χ3v) is 6.39. The molecule has 4 rings (SSSR count). The van der Waals surface area contributed by atoms with Crippen molar-refractivity contribution in [2.45, 2.75) is 32.1 Å². The standard InChI is InChI=1S/C26H29N3O3/c27-18-20-4-6-22(7-5-20)26(31)29-16-12-21(13-17-29)19-32-24-10-8-23(9-11-24)25(30)28-14-2-1-3-15-28/h4-11,21H,1-3,12-17,19H2. The smallest absolute Gasteiger partial charge is 0.253 e. The Morgan fingerprint density at radius 3 is 1.91 bits per heavy atom. The molecule has 0 saturated carbocycles. The minimum Gasteiger partial charge on any atom is -0.493 e. The first-order chi connectivity index (χ1) is 15.6. The average Bonchev–Trinajstić information content (AvgIpc) is 2.88. The zero-order valence-corrected chi connectivity index (χ0v) is 18.3. The van der Waals surface area contributed by atoms with Gasteiger partial charge in [-0.15, -0.1) is 0 Å². The van der Waals surface area contributed by atoms with Crippen LogP contribution in [0.2, 0.25) is 0 Å². The lowest BCUT2D eigenvalue weighted by Gasteiger charge is -2.32. The molecule has 0 atom stereocenters. The van der Waals surface area contributed by atoms with E-state index in [9.17, 15) is 9.59 Å². The zero-order valence-electron chi connectivity index (χ0n) is 18.3. The second kappa shape index (κ2) is 10.3. The lowest BCUT2D eigenvalue weighted by molar-refractivity contribution is 0.0659. The summed E-state index contributed by atoms with van der Waals surface area (Å²) in [5.41, 5.74) is 1.90. The summed E-state index contributed by atoms with van der Waals surface area (Å²) >= 11 is 0. The number of nitrogens with zero attached hydrogens (tertiary/aromatic N) is 3. The van der Waals surface area contributed by atoms with Crippen LogP contribution in [0, 0.1) is 17.2 Å². The van der Waals surface area contributed by atoms with Crippen molar-refractivity contribution in [2.24, 2.45) is 5.92 Å². The van der Waals surface area contributed by atoms with E-state index < -0.39 is 0 Å². The molecule has 2 aliphatic heterocycles. The lowest BCUT2D eigenvalue weighted by atomic mass is 9.97. The van der Waals surface area contributed by atoms with E-state index in [4.69, 9.17) is 10.00 Å². The van der Waals surface area contributed by atoms with Crippen molar-refractivity contribution in [3.63, 3.8) is 0 Å². The fourth-order valence-electron chi connectivity index (χ4n) is 4.36. The first kappa shape index (κ1) is 21.9.